The number of nitrogens with one attached hydrogen (secondary N) is 1. The average Bonchev–Trinajstić information content (AvgIpc) is 3.30. The van der Waals surface area contributed by atoms with E-state index in [0.717, 1.165) is 10.9 Å². The molecule has 8 nitrogen and oxygen atoms in total. The molecular weight excluding hydrogens is 360 g/mol. The molecule has 0 radical (unpaired) electrons. The van der Waals surface area contributed by atoms with Crippen molar-refractivity contribution in [2.45, 2.75) is 13.5 Å². The highest BCUT2D eigenvalue weighted by Gasteiger charge is 2.17. The maximum Gasteiger partial charge on any atom is 0.349 e. The first-order valence-corrected chi connectivity index (χ1v) is 8.74. The van der Waals surface area contributed by atoms with E-state index in [2.05, 4.69) is 15.1 Å². The Hall–Kier alpha value is -3.94. The van der Waals surface area contributed by atoms with E-state index in [4.69, 9.17) is 8.94 Å². The van der Waals surface area contributed by atoms with Crippen LogP contribution in [0.2, 0.25) is 0 Å². The molecule has 3 aromatic heterocycles. The van der Waals surface area contributed by atoms with Crippen molar-refractivity contribution < 1.29 is 8.94 Å². The van der Waals surface area contributed by atoms with E-state index >= 15 is 0 Å². The number of aromatic nitrogens is 4. The summed E-state index contributed by atoms with van der Waals surface area (Å²) in [5, 5.41) is 4.74. The van der Waals surface area contributed by atoms with Gasteiger partial charge in [-0.2, -0.15) is 4.98 Å². The minimum Gasteiger partial charge on any atom is -0.422 e. The third kappa shape index (κ3) is 2.46. The molecule has 3 heterocycles. The first kappa shape index (κ1) is 16.2. The Labute approximate surface area is 157 Å². The highest BCUT2D eigenvalue weighted by atomic mass is 16.5. The molecule has 28 heavy (non-hydrogen) atoms. The van der Waals surface area contributed by atoms with E-state index in [0.29, 0.717) is 29.0 Å². The molecule has 0 atom stereocenters. The van der Waals surface area contributed by atoms with Gasteiger partial charge in [-0.1, -0.05) is 23.4 Å². The molecule has 0 fully saturated rings. The molecule has 0 saturated carbocycles. The van der Waals surface area contributed by atoms with Crippen LogP contribution in [0, 0.1) is 0 Å². The lowest BCUT2D eigenvalue weighted by atomic mass is 10.2. The second-order valence-corrected chi connectivity index (χ2v) is 6.31. The number of imidazole rings is 1. The molecule has 0 unspecified atom stereocenters. The smallest absolute Gasteiger partial charge is 0.349 e. The average molecular weight is 374 g/mol. The molecule has 0 aliphatic heterocycles. The van der Waals surface area contributed by atoms with E-state index in [1.807, 2.05) is 25.1 Å². The molecular formula is C20H14N4O4. The van der Waals surface area contributed by atoms with Gasteiger partial charge >= 0.3 is 11.3 Å². The van der Waals surface area contributed by atoms with Crippen LogP contribution in [-0.2, 0) is 6.54 Å². The number of aryl methyl sites for hydroxylation is 1. The van der Waals surface area contributed by atoms with Crippen molar-refractivity contribution in [3.63, 3.8) is 0 Å². The van der Waals surface area contributed by atoms with Crippen LogP contribution in [0.25, 0.3) is 44.8 Å². The number of aromatic amines is 1. The van der Waals surface area contributed by atoms with Crippen molar-refractivity contribution in [3.8, 4) is 22.8 Å². The first-order chi connectivity index (χ1) is 13.6. The summed E-state index contributed by atoms with van der Waals surface area (Å²) in [6, 6.07) is 14.3. The van der Waals surface area contributed by atoms with Gasteiger partial charge in [0, 0.05) is 17.5 Å². The molecule has 1 N–H and O–H groups in total. The van der Waals surface area contributed by atoms with Crippen LogP contribution < -0.4 is 11.3 Å². The van der Waals surface area contributed by atoms with Crippen LogP contribution in [0.4, 0.5) is 0 Å². The van der Waals surface area contributed by atoms with E-state index < -0.39 is 5.63 Å². The maximum absolute atomic E-state index is 12.3. The fourth-order valence-corrected chi connectivity index (χ4v) is 3.28. The summed E-state index contributed by atoms with van der Waals surface area (Å²) in [5.41, 5.74) is 2.12. The number of nitrogens with zero attached hydrogens (tertiary/aromatic N) is 3. The van der Waals surface area contributed by atoms with Crippen LogP contribution in [0.15, 0.2) is 67.1 Å². The second-order valence-electron chi connectivity index (χ2n) is 6.31. The summed E-state index contributed by atoms with van der Waals surface area (Å²) in [5.74, 6) is 0.392. The minimum absolute atomic E-state index is 0.0780. The summed E-state index contributed by atoms with van der Waals surface area (Å²) >= 11 is 0. The molecule has 0 saturated heterocycles. The topological polar surface area (TPSA) is 107 Å². The quantitative estimate of drug-likeness (QED) is 0.486. The summed E-state index contributed by atoms with van der Waals surface area (Å²) in [6.07, 6.45) is 0. The van der Waals surface area contributed by atoms with E-state index in [1.54, 1.807) is 34.9 Å². The fraction of sp³-hybridized carbons (Fsp3) is 0.100. The van der Waals surface area contributed by atoms with Gasteiger partial charge < -0.3 is 13.9 Å². The Kier molecular flexibility index (Phi) is 3.51. The molecule has 0 bridgehead atoms. The lowest BCUT2D eigenvalue weighted by molar-refractivity contribution is 0.429. The minimum atomic E-state index is -0.547. The fourth-order valence-electron chi connectivity index (χ4n) is 3.28. The zero-order chi connectivity index (χ0) is 19.3. The van der Waals surface area contributed by atoms with Crippen molar-refractivity contribution in [3.05, 3.63) is 69.4 Å². The molecule has 2 aromatic carbocycles. The highest BCUT2D eigenvalue weighted by Crippen LogP contribution is 2.24. The maximum atomic E-state index is 12.3. The lowest BCUT2D eigenvalue weighted by Gasteiger charge is -1.99. The van der Waals surface area contributed by atoms with Gasteiger partial charge in [-0.05, 0) is 37.3 Å². The van der Waals surface area contributed by atoms with Crippen LogP contribution in [-0.4, -0.2) is 19.7 Å². The summed E-state index contributed by atoms with van der Waals surface area (Å²) in [6.45, 7) is 2.48. The first-order valence-electron chi connectivity index (χ1n) is 8.74. The van der Waals surface area contributed by atoms with Gasteiger partial charge in [0.15, 0.2) is 0 Å². The van der Waals surface area contributed by atoms with Gasteiger partial charge in [-0.15, -0.1) is 0 Å². The molecule has 8 heteroatoms. The highest BCUT2D eigenvalue weighted by molar-refractivity contribution is 5.82. The molecule has 0 spiro atoms. The monoisotopic (exact) mass is 374 g/mol. The summed E-state index contributed by atoms with van der Waals surface area (Å²) in [4.78, 5) is 31.4. The molecule has 5 rings (SSSR count). The Balaban J connectivity index is 1.60. The number of hydrogen-bond donors (Lipinski definition) is 1. The third-order valence-electron chi connectivity index (χ3n) is 4.65. The predicted molar refractivity (Wildman–Crippen MR) is 103 cm³/mol. The Morgan fingerprint density at radius 3 is 2.82 bits per heavy atom. The van der Waals surface area contributed by atoms with Gasteiger partial charge in [-0.3, -0.25) is 4.57 Å². The van der Waals surface area contributed by atoms with E-state index in [1.165, 1.54) is 0 Å². The number of para-hydroxylation sites is 1. The zero-order valence-electron chi connectivity index (χ0n) is 14.8. The van der Waals surface area contributed by atoms with Gasteiger partial charge in [0.2, 0.25) is 5.82 Å². The van der Waals surface area contributed by atoms with Crippen LogP contribution in [0.3, 0.4) is 0 Å². The summed E-state index contributed by atoms with van der Waals surface area (Å²) in [7, 11) is 0. The molecule has 0 amide bonds. The number of fused-ring (bicyclic) bond motifs is 2. The number of benzene rings is 2. The summed E-state index contributed by atoms with van der Waals surface area (Å²) < 4.78 is 12.3. The van der Waals surface area contributed by atoms with Crippen molar-refractivity contribution in [2.75, 3.05) is 0 Å². The van der Waals surface area contributed by atoms with E-state index in [9.17, 15) is 9.59 Å². The largest absolute Gasteiger partial charge is 0.422 e. The van der Waals surface area contributed by atoms with Crippen LogP contribution >= 0.6 is 0 Å². The van der Waals surface area contributed by atoms with Gasteiger partial charge in [0.25, 0.3) is 5.89 Å². The second kappa shape index (κ2) is 6.05. The number of rotatable bonds is 3. The van der Waals surface area contributed by atoms with Crippen molar-refractivity contribution in [1.29, 1.82) is 0 Å². The SMILES string of the molecule is CCn1c(=O)[nH]c2cc(-c3noc(-c4cc5ccccc5oc4=O)n3)ccc21. The van der Waals surface area contributed by atoms with Gasteiger partial charge in [0.05, 0.1) is 11.0 Å². The van der Waals surface area contributed by atoms with Crippen molar-refractivity contribution in [2.24, 2.45) is 0 Å². The van der Waals surface area contributed by atoms with Crippen LogP contribution in [0.1, 0.15) is 6.92 Å². The lowest BCUT2D eigenvalue weighted by Crippen LogP contribution is -2.14. The Bertz CT molecular complexity index is 1450. The molecule has 5 aromatic rings. The Morgan fingerprint density at radius 2 is 1.96 bits per heavy atom. The zero-order valence-corrected chi connectivity index (χ0v) is 14.8. The van der Waals surface area contributed by atoms with Gasteiger partial charge in [-0.25, -0.2) is 9.59 Å². The predicted octanol–water partition coefficient (Wildman–Crippen LogP) is 3.17. The number of hydrogen-bond acceptors (Lipinski definition) is 6. The molecule has 0 aliphatic carbocycles. The molecule has 0 aliphatic rings. The Morgan fingerprint density at radius 1 is 1.11 bits per heavy atom. The van der Waals surface area contributed by atoms with Crippen molar-refractivity contribution in [1.82, 2.24) is 19.7 Å². The standard InChI is InChI=1S/C20H14N4O4/c1-2-24-15-8-7-12(10-14(15)21-20(24)26)17-22-18(28-23-17)13-9-11-5-3-4-6-16(11)27-19(13)25/h3-10H,2H2,1H3,(H,21,26). The normalized spacial score (nSPS) is 11.5. The van der Waals surface area contributed by atoms with Crippen molar-refractivity contribution >= 4 is 22.0 Å². The number of H-pyrrole nitrogens is 1. The van der Waals surface area contributed by atoms with E-state index in [-0.39, 0.29) is 17.1 Å². The van der Waals surface area contributed by atoms with Crippen LogP contribution in [0.5, 0.6) is 0 Å². The molecule has 138 valence electrons. The third-order valence-corrected chi connectivity index (χ3v) is 4.65. The van der Waals surface area contributed by atoms with Gasteiger partial charge in [0.1, 0.15) is 11.1 Å².